The lowest BCUT2D eigenvalue weighted by atomic mass is 10.2. The van der Waals surface area contributed by atoms with Crippen molar-refractivity contribution in [2.24, 2.45) is 0 Å². The first kappa shape index (κ1) is 18.9. The molecule has 0 fully saturated rings. The van der Waals surface area contributed by atoms with Crippen LogP contribution in [0.1, 0.15) is 41.8 Å². The lowest BCUT2D eigenvalue weighted by Crippen LogP contribution is -2.39. The van der Waals surface area contributed by atoms with Gasteiger partial charge in [-0.2, -0.15) is 0 Å². The van der Waals surface area contributed by atoms with Gasteiger partial charge in [-0.15, -0.1) is 11.3 Å². The number of aromatic nitrogens is 1. The van der Waals surface area contributed by atoms with Gasteiger partial charge in [0.15, 0.2) is 6.10 Å². The van der Waals surface area contributed by atoms with Crippen LogP contribution in [0.3, 0.4) is 0 Å². The van der Waals surface area contributed by atoms with E-state index in [0.29, 0.717) is 17.9 Å². The van der Waals surface area contributed by atoms with Gasteiger partial charge in [0.2, 0.25) is 0 Å². The van der Waals surface area contributed by atoms with Crippen molar-refractivity contribution in [3.05, 3.63) is 45.9 Å². The molecule has 2 rings (SSSR count). The molecule has 0 bridgehead atoms. The maximum absolute atomic E-state index is 12.1. The topological polar surface area (TPSA) is 77.5 Å². The van der Waals surface area contributed by atoms with Gasteiger partial charge in [-0.25, -0.2) is 9.78 Å². The smallest absolute Gasteiger partial charge is 0.338 e. The van der Waals surface area contributed by atoms with Crippen molar-refractivity contribution in [2.75, 3.05) is 0 Å². The first-order chi connectivity index (χ1) is 11.8. The molecule has 134 valence electrons. The minimum absolute atomic E-state index is 0.00779. The van der Waals surface area contributed by atoms with Crippen molar-refractivity contribution in [1.82, 2.24) is 10.3 Å². The molecule has 0 spiro atoms. The number of esters is 1. The summed E-state index contributed by atoms with van der Waals surface area (Å²) in [6, 6.07) is 6.59. The normalized spacial score (nSPS) is 11.9. The molecule has 0 saturated heterocycles. The molecule has 1 atom stereocenters. The third kappa shape index (κ3) is 5.86. The van der Waals surface area contributed by atoms with Gasteiger partial charge >= 0.3 is 5.97 Å². The second-order valence-electron chi connectivity index (χ2n) is 5.88. The van der Waals surface area contributed by atoms with Gasteiger partial charge in [0.1, 0.15) is 12.4 Å². The van der Waals surface area contributed by atoms with Crippen LogP contribution in [0.5, 0.6) is 5.75 Å². The molecule has 0 aliphatic carbocycles. The number of hydrogen-bond acceptors (Lipinski definition) is 6. The molecule has 0 unspecified atom stereocenters. The Morgan fingerprint density at radius 3 is 2.44 bits per heavy atom. The Labute approximate surface area is 151 Å². The molecule has 0 aliphatic heterocycles. The fourth-order valence-corrected chi connectivity index (χ4v) is 2.60. The van der Waals surface area contributed by atoms with Gasteiger partial charge in [-0.1, -0.05) is 0 Å². The summed E-state index contributed by atoms with van der Waals surface area (Å²) < 4.78 is 10.8. The summed E-state index contributed by atoms with van der Waals surface area (Å²) in [6.45, 7) is 7.55. The molecular formula is C18H22N2O4S. The number of benzene rings is 1. The van der Waals surface area contributed by atoms with Crippen molar-refractivity contribution in [3.8, 4) is 5.75 Å². The van der Waals surface area contributed by atoms with E-state index in [1.807, 2.05) is 26.2 Å². The highest BCUT2D eigenvalue weighted by molar-refractivity contribution is 7.09. The van der Waals surface area contributed by atoms with Crippen molar-refractivity contribution < 1.29 is 19.1 Å². The summed E-state index contributed by atoms with van der Waals surface area (Å²) in [6.07, 6.45) is -0.848. The van der Waals surface area contributed by atoms with Crippen molar-refractivity contribution in [2.45, 2.75) is 46.4 Å². The molecule has 1 aromatic carbocycles. The van der Waals surface area contributed by atoms with E-state index in [1.165, 1.54) is 0 Å². The second-order valence-corrected chi connectivity index (χ2v) is 6.94. The predicted octanol–water partition coefficient (Wildman–Crippen LogP) is 3.10. The summed E-state index contributed by atoms with van der Waals surface area (Å²) in [5.74, 6) is -0.234. The maximum Gasteiger partial charge on any atom is 0.338 e. The molecule has 1 amide bonds. The largest absolute Gasteiger partial charge is 0.487 e. The highest BCUT2D eigenvalue weighted by atomic mass is 32.1. The van der Waals surface area contributed by atoms with Crippen molar-refractivity contribution in [3.63, 3.8) is 0 Å². The zero-order chi connectivity index (χ0) is 18.4. The number of carbonyl (C=O) groups is 2. The summed E-state index contributed by atoms with van der Waals surface area (Å²) >= 11 is 1.57. The Kier molecular flexibility index (Phi) is 6.52. The van der Waals surface area contributed by atoms with Gasteiger partial charge in [0.05, 0.1) is 16.3 Å². The second kappa shape index (κ2) is 8.62. The van der Waals surface area contributed by atoms with E-state index in [0.717, 1.165) is 10.7 Å². The zero-order valence-corrected chi connectivity index (χ0v) is 15.6. The molecule has 25 heavy (non-hydrogen) atoms. The number of amides is 1. The summed E-state index contributed by atoms with van der Waals surface area (Å²) in [5.41, 5.74) is 1.23. The molecular weight excluding hydrogens is 340 g/mol. The number of thiazole rings is 1. The molecule has 1 aromatic heterocycles. The standard InChI is InChI=1S/C18H22N2O4S/c1-11(2)19-17(21)12(3)24-18(22)14-5-7-16(8-6-14)23-9-15-10-25-13(4)20-15/h5-8,10-12H,9H2,1-4H3,(H,19,21)/t12-/m0/s1. The van der Waals surface area contributed by atoms with E-state index in [9.17, 15) is 9.59 Å². The maximum atomic E-state index is 12.1. The summed E-state index contributed by atoms with van der Waals surface area (Å²) in [7, 11) is 0. The van der Waals surface area contributed by atoms with E-state index in [4.69, 9.17) is 9.47 Å². The average Bonchev–Trinajstić information content (AvgIpc) is 2.98. The number of carbonyl (C=O) groups excluding carboxylic acids is 2. The van der Waals surface area contributed by atoms with E-state index in [-0.39, 0.29) is 11.9 Å². The van der Waals surface area contributed by atoms with Crippen LogP contribution in [-0.2, 0) is 16.1 Å². The fraction of sp³-hybridized carbons (Fsp3) is 0.389. The molecule has 1 N–H and O–H groups in total. The number of nitrogens with zero attached hydrogens (tertiary/aromatic N) is 1. The molecule has 1 heterocycles. The Hall–Kier alpha value is -2.41. The molecule has 2 aromatic rings. The Balaban J connectivity index is 1.88. The van der Waals surface area contributed by atoms with Gasteiger partial charge in [0, 0.05) is 11.4 Å². The van der Waals surface area contributed by atoms with Gasteiger partial charge in [-0.05, 0) is 52.0 Å². The molecule has 0 aliphatic rings. The van der Waals surface area contributed by atoms with Crippen LogP contribution in [0, 0.1) is 6.92 Å². The van der Waals surface area contributed by atoms with E-state index in [2.05, 4.69) is 10.3 Å². The summed E-state index contributed by atoms with van der Waals surface area (Å²) in [5, 5.41) is 5.64. The highest BCUT2D eigenvalue weighted by Crippen LogP contribution is 2.16. The van der Waals surface area contributed by atoms with Crippen molar-refractivity contribution in [1.29, 1.82) is 0 Å². The quantitative estimate of drug-likeness (QED) is 0.766. The third-order valence-electron chi connectivity index (χ3n) is 3.23. The Bertz CT molecular complexity index is 725. The zero-order valence-electron chi connectivity index (χ0n) is 14.7. The van der Waals surface area contributed by atoms with E-state index < -0.39 is 12.1 Å². The third-order valence-corrected chi connectivity index (χ3v) is 4.05. The first-order valence-corrected chi connectivity index (χ1v) is 8.88. The minimum Gasteiger partial charge on any atom is -0.487 e. The van der Waals surface area contributed by atoms with Gasteiger partial charge in [-0.3, -0.25) is 4.79 Å². The molecule has 6 nitrogen and oxygen atoms in total. The molecule has 7 heteroatoms. The van der Waals surface area contributed by atoms with Crippen LogP contribution in [0.25, 0.3) is 0 Å². The van der Waals surface area contributed by atoms with E-state index >= 15 is 0 Å². The highest BCUT2D eigenvalue weighted by Gasteiger charge is 2.19. The van der Waals surface area contributed by atoms with Gasteiger partial charge in [0.25, 0.3) is 5.91 Å². The van der Waals surface area contributed by atoms with Gasteiger partial charge < -0.3 is 14.8 Å². The number of hydrogen-bond donors (Lipinski definition) is 1. The number of nitrogens with one attached hydrogen (secondary N) is 1. The molecule has 0 radical (unpaired) electrons. The van der Waals surface area contributed by atoms with Crippen molar-refractivity contribution >= 4 is 23.2 Å². The first-order valence-electron chi connectivity index (χ1n) is 8.00. The average molecular weight is 362 g/mol. The Morgan fingerprint density at radius 1 is 1.20 bits per heavy atom. The van der Waals surface area contributed by atoms with Crippen LogP contribution in [-0.4, -0.2) is 29.0 Å². The summed E-state index contributed by atoms with van der Waals surface area (Å²) in [4.78, 5) is 28.2. The van der Waals surface area contributed by atoms with Crippen LogP contribution in [0.4, 0.5) is 0 Å². The van der Waals surface area contributed by atoms with Crippen LogP contribution < -0.4 is 10.1 Å². The fourth-order valence-electron chi connectivity index (χ4n) is 2.00. The monoisotopic (exact) mass is 362 g/mol. The number of rotatable bonds is 7. The SMILES string of the molecule is Cc1nc(COc2ccc(C(=O)O[C@@H](C)C(=O)NC(C)C)cc2)cs1. The van der Waals surface area contributed by atoms with Crippen LogP contribution in [0.2, 0.25) is 0 Å². The lowest BCUT2D eigenvalue weighted by Gasteiger charge is -2.15. The van der Waals surface area contributed by atoms with Crippen LogP contribution in [0.15, 0.2) is 29.6 Å². The molecule has 0 saturated carbocycles. The lowest BCUT2D eigenvalue weighted by molar-refractivity contribution is -0.129. The minimum atomic E-state index is -0.848. The number of ether oxygens (including phenoxy) is 2. The predicted molar refractivity (Wildman–Crippen MR) is 95.8 cm³/mol. The number of aryl methyl sites for hydroxylation is 1. The Morgan fingerprint density at radius 2 is 1.88 bits per heavy atom. The van der Waals surface area contributed by atoms with E-state index in [1.54, 1.807) is 42.5 Å². The van der Waals surface area contributed by atoms with Crippen LogP contribution >= 0.6 is 11.3 Å².